The molecule has 1 aliphatic rings. The fraction of sp³-hybridized carbons (Fsp3) is 0.667. The smallest absolute Gasteiger partial charge is 0.122 e. The highest BCUT2D eigenvalue weighted by atomic mass is 16.5. The average molecular weight is 275 g/mol. The molecule has 1 aliphatic heterocycles. The summed E-state index contributed by atoms with van der Waals surface area (Å²) in [7, 11) is 0. The summed E-state index contributed by atoms with van der Waals surface area (Å²) < 4.78 is 5.82. The van der Waals surface area contributed by atoms with Gasteiger partial charge in [-0.05, 0) is 50.3 Å². The van der Waals surface area contributed by atoms with Gasteiger partial charge in [0.05, 0.1) is 6.61 Å². The van der Waals surface area contributed by atoms with Gasteiger partial charge in [-0.3, -0.25) is 0 Å². The standard InChI is InChI=1S/C18H29NO/c1-4-9-19-12-15(10-14(2)3)11-16-13-20-18-8-6-5-7-17(16)18/h5-8,14-16,19H,4,9-13H2,1-3H3. The minimum atomic E-state index is 0.582. The number of benzene rings is 1. The first kappa shape index (κ1) is 15.4. The molecule has 0 saturated carbocycles. The van der Waals surface area contributed by atoms with E-state index in [1.807, 2.05) is 0 Å². The molecular weight excluding hydrogens is 246 g/mol. The molecule has 1 heterocycles. The summed E-state index contributed by atoms with van der Waals surface area (Å²) in [5.41, 5.74) is 1.41. The second-order valence-electron chi connectivity index (χ2n) is 6.48. The van der Waals surface area contributed by atoms with Crippen LogP contribution < -0.4 is 10.1 Å². The quantitative estimate of drug-likeness (QED) is 0.717. The zero-order valence-corrected chi connectivity index (χ0v) is 13.2. The fourth-order valence-corrected chi connectivity index (χ4v) is 3.24. The number of hydrogen-bond donors (Lipinski definition) is 1. The Morgan fingerprint density at radius 1 is 1.30 bits per heavy atom. The Hall–Kier alpha value is -1.02. The zero-order valence-electron chi connectivity index (χ0n) is 13.2. The van der Waals surface area contributed by atoms with E-state index in [-0.39, 0.29) is 0 Å². The van der Waals surface area contributed by atoms with Crippen molar-refractivity contribution in [3.05, 3.63) is 29.8 Å². The van der Waals surface area contributed by atoms with Crippen molar-refractivity contribution in [1.82, 2.24) is 5.32 Å². The number of hydrogen-bond acceptors (Lipinski definition) is 2. The molecule has 1 N–H and O–H groups in total. The van der Waals surface area contributed by atoms with Crippen molar-refractivity contribution in [1.29, 1.82) is 0 Å². The van der Waals surface area contributed by atoms with Crippen molar-refractivity contribution in [3.8, 4) is 5.75 Å². The van der Waals surface area contributed by atoms with Crippen LogP contribution in [0, 0.1) is 11.8 Å². The van der Waals surface area contributed by atoms with Gasteiger partial charge < -0.3 is 10.1 Å². The van der Waals surface area contributed by atoms with Gasteiger partial charge in [-0.1, -0.05) is 39.0 Å². The molecule has 2 rings (SSSR count). The number of ether oxygens (including phenoxy) is 1. The highest BCUT2D eigenvalue weighted by Gasteiger charge is 2.26. The summed E-state index contributed by atoms with van der Waals surface area (Å²) in [6.07, 6.45) is 3.76. The molecule has 0 bridgehead atoms. The number of para-hydroxylation sites is 1. The van der Waals surface area contributed by atoms with Crippen LogP contribution in [0.15, 0.2) is 24.3 Å². The van der Waals surface area contributed by atoms with Gasteiger partial charge in [0.2, 0.25) is 0 Å². The van der Waals surface area contributed by atoms with E-state index in [0.29, 0.717) is 5.92 Å². The average Bonchev–Trinajstić information content (AvgIpc) is 2.82. The van der Waals surface area contributed by atoms with Gasteiger partial charge in [0.1, 0.15) is 5.75 Å². The largest absolute Gasteiger partial charge is 0.493 e. The van der Waals surface area contributed by atoms with E-state index in [1.54, 1.807) is 0 Å². The van der Waals surface area contributed by atoms with E-state index < -0.39 is 0 Å². The Morgan fingerprint density at radius 3 is 2.85 bits per heavy atom. The van der Waals surface area contributed by atoms with Crippen LogP contribution in [0.1, 0.15) is 51.5 Å². The van der Waals surface area contributed by atoms with Gasteiger partial charge in [-0.15, -0.1) is 0 Å². The van der Waals surface area contributed by atoms with E-state index >= 15 is 0 Å². The molecule has 0 radical (unpaired) electrons. The van der Waals surface area contributed by atoms with Crippen molar-refractivity contribution >= 4 is 0 Å². The van der Waals surface area contributed by atoms with E-state index in [1.165, 1.54) is 24.8 Å². The van der Waals surface area contributed by atoms with E-state index in [2.05, 4.69) is 50.4 Å². The Labute approximate surface area is 123 Å². The monoisotopic (exact) mass is 275 g/mol. The lowest BCUT2D eigenvalue weighted by Gasteiger charge is -2.22. The molecule has 0 saturated heterocycles. The van der Waals surface area contributed by atoms with Crippen LogP contribution >= 0.6 is 0 Å². The summed E-state index contributed by atoms with van der Waals surface area (Å²) >= 11 is 0. The summed E-state index contributed by atoms with van der Waals surface area (Å²) in [6.45, 7) is 10.0. The lowest BCUT2D eigenvalue weighted by atomic mass is 9.85. The van der Waals surface area contributed by atoms with Crippen molar-refractivity contribution in [2.75, 3.05) is 19.7 Å². The van der Waals surface area contributed by atoms with Gasteiger partial charge in [-0.25, -0.2) is 0 Å². The Bertz CT molecular complexity index is 402. The molecule has 0 fully saturated rings. The van der Waals surface area contributed by atoms with Crippen LogP contribution in [-0.2, 0) is 0 Å². The fourth-order valence-electron chi connectivity index (χ4n) is 3.24. The first-order valence-electron chi connectivity index (χ1n) is 8.13. The molecule has 0 spiro atoms. The molecule has 2 unspecified atom stereocenters. The molecule has 0 aromatic heterocycles. The maximum atomic E-state index is 5.82. The normalized spacial score (nSPS) is 18.9. The molecular formula is C18H29NO. The molecule has 2 nitrogen and oxygen atoms in total. The molecule has 20 heavy (non-hydrogen) atoms. The van der Waals surface area contributed by atoms with E-state index in [4.69, 9.17) is 4.74 Å². The third-order valence-corrected chi connectivity index (χ3v) is 4.08. The summed E-state index contributed by atoms with van der Waals surface area (Å²) in [4.78, 5) is 0. The SMILES string of the molecule is CCCNCC(CC(C)C)CC1COc2ccccc21. The Kier molecular flexibility index (Phi) is 5.90. The van der Waals surface area contributed by atoms with Gasteiger partial charge in [0, 0.05) is 11.5 Å². The summed E-state index contributed by atoms with van der Waals surface area (Å²) in [5, 5.41) is 3.60. The van der Waals surface area contributed by atoms with Gasteiger partial charge in [0.15, 0.2) is 0 Å². The minimum absolute atomic E-state index is 0.582. The first-order chi connectivity index (χ1) is 9.70. The van der Waals surface area contributed by atoms with E-state index in [0.717, 1.165) is 37.3 Å². The van der Waals surface area contributed by atoms with Crippen LogP contribution in [0.25, 0.3) is 0 Å². The summed E-state index contributed by atoms with van der Waals surface area (Å²) in [5.74, 6) is 3.20. The van der Waals surface area contributed by atoms with Crippen molar-refractivity contribution < 1.29 is 4.74 Å². The van der Waals surface area contributed by atoms with Crippen molar-refractivity contribution in [3.63, 3.8) is 0 Å². The number of rotatable bonds is 8. The number of fused-ring (bicyclic) bond motifs is 1. The van der Waals surface area contributed by atoms with Crippen molar-refractivity contribution in [2.45, 2.75) is 46.0 Å². The third kappa shape index (κ3) is 4.24. The van der Waals surface area contributed by atoms with Crippen LogP contribution in [0.4, 0.5) is 0 Å². The van der Waals surface area contributed by atoms with Crippen LogP contribution in [0.3, 0.4) is 0 Å². The molecule has 112 valence electrons. The molecule has 2 heteroatoms. The van der Waals surface area contributed by atoms with E-state index in [9.17, 15) is 0 Å². The molecule has 2 atom stereocenters. The molecule has 1 aromatic carbocycles. The van der Waals surface area contributed by atoms with Gasteiger partial charge in [0.25, 0.3) is 0 Å². The van der Waals surface area contributed by atoms with Crippen LogP contribution in [0.2, 0.25) is 0 Å². The predicted octanol–water partition coefficient (Wildman–Crippen LogP) is 4.21. The molecule has 0 aliphatic carbocycles. The zero-order chi connectivity index (χ0) is 14.4. The highest BCUT2D eigenvalue weighted by Crippen LogP contribution is 2.38. The lowest BCUT2D eigenvalue weighted by Crippen LogP contribution is -2.26. The topological polar surface area (TPSA) is 21.3 Å². The summed E-state index contributed by atoms with van der Waals surface area (Å²) in [6, 6.07) is 8.53. The predicted molar refractivity (Wildman–Crippen MR) is 85.4 cm³/mol. The lowest BCUT2D eigenvalue weighted by molar-refractivity contribution is 0.286. The molecule has 0 amide bonds. The second-order valence-corrected chi connectivity index (χ2v) is 6.48. The maximum absolute atomic E-state index is 5.82. The van der Waals surface area contributed by atoms with Crippen molar-refractivity contribution in [2.24, 2.45) is 11.8 Å². The highest BCUT2D eigenvalue weighted by molar-refractivity contribution is 5.39. The van der Waals surface area contributed by atoms with Crippen LogP contribution in [-0.4, -0.2) is 19.7 Å². The molecule has 1 aromatic rings. The minimum Gasteiger partial charge on any atom is -0.493 e. The van der Waals surface area contributed by atoms with Gasteiger partial charge >= 0.3 is 0 Å². The Morgan fingerprint density at radius 2 is 2.10 bits per heavy atom. The number of nitrogens with one attached hydrogen (secondary N) is 1. The maximum Gasteiger partial charge on any atom is 0.122 e. The second kappa shape index (κ2) is 7.68. The third-order valence-electron chi connectivity index (χ3n) is 4.08. The Balaban J connectivity index is 1.93. The van der Waals surface area contributed by atoms with Crippen LogP contribution in [0.5, 0.6) is 5.75 Å². The van der Waals surface area contributed by atoms with Gasteiger partial charge in [-0.2, -0.15) is 0 Å². The first-order valence-corrected chi connectivity index (χ1v) is 8.13.